The Morgan fingerprint density at radius 3 is 2.85 bits per heavy atom. The SMILES string of the molecule is Cc1ccc2nc(CN3CCC4(CCC(=O)N(CCCO)C4)CC3)[nH]c2c1. The number of hydrogen-bond acceptors (Lipinski definition) is 4. The monoisotopic (exact) mass is 370 g/mol. The molecule has 6 nitrogen and oxygen atoms in total. The zero-order chi connectivity index (χ0) is 18.9. The van der Waals surface area contributed by atoms with Gasteiger partial charge in [0.15, 0.2) is 0 Å². The summed E-state index contributed by atoms with van der Waals surface area (Å²) in [6.07, 6.45) is 4.62. The highest BCUT2D eigenvalue weighted by atomic mass is 16.3. The molecule has 2 aliphatic heterocycles. The number of hydrogen-bond donors (Lipinski definition) is 2. The van der Waals surface area contributed by atoms with Crippen LogP contribution in [0, 0.1) is 12.3 Å². The van der Waals surface area contributed by atoms with E-state index in [-0.39, 0.29) is 17.9 Å². The summed E-state index contributed by atoms with van der Waals surface area (Å²) in [6.45, 7) is 6.78. The van der Waals surface area contributed by atoms with Gasteiger partial charge in [0.1, 0.15) is 5.82 Å². The predicted octanol–water partition coefficient (Wildman–Crippen LogP) is 2.46. The lowest BCUT2D eigenvalue weighted by Crippen LogP contribution is -2.51. The fourth-order valence-electron chi connectivity index (χ4n) is 4.62. The molecule has 0 saturated carbocycles. The van der Waals surface area contributed by atoms with Gasteiger partial charge in [-0.25, -0.2) is 4.98 Å². The quantitative estimate of drug-likeness (QED) is 0.848. The molecule has 6 heteroatoms. The van der Waals surface area contributed by atoms with Gasteiger partial charge >= 0.3 is 0 Å². The summed E-state index contributed by atoms with van der Waals surface area (Å²) in [5.41, 5.74) is 3.67. The molecular formula is C21H30N4O2. The Bertz CT molecular complexity index is 808. The number of H-pyrrole nitrogens is 1. The second-order valence-electron chi connectivity index (χ2n) is 8.37. The lowest BCUT2D eigenvalue weighted by atomic mass is 9.72. The molecule has 27 heavy (non-hydrogen) atoms. The summed E-state index contributed by atoms with van der Waals surface area (Å²) < 4.78 is 0. The Morgan fingerprint density at radius 1 is 1.26 bits per heavy atom. The molecule has 2 saturated heterocycles. The fraction of sp³-hybridized carbons (Fsp3) is 0.619. The summed E-state index contributed by atoms with van der Waals surface area (Å²) in [5.74, 6) is 1.30. The molecule has 2 aromatic rings. The van der Waals surface area contributed by atoms with Crippen LogP contribution in [0.4, 0.5) is 0 Å². The highest BCUT2D eigenvalue weighted by Crippen LogP contribution is 2.40. The molecule has 0 bridgehead atoms. The Balaban J connectivity index is 1.36. The molecule has 2 aliphatic rings. The Hall–Kier alpha value is -1.92. The van der Waals surface area contributed by atoms with Crippen LogP contribution in [0.25, 0.3) is 11.0 Å². The number of fused-ring (bicyclic) bond motifs is 1. The van der Waals surface area contributed by atoms with Gasteiger partial charge < -0.3 is 15.0 Å². The lowest BCUT2D eigenvalue weighted by Gasteiger charge is -2.47. The molecule has 0 atom stereocenters. The van der Waals surface area contributed by atoms with E-state index in [9.17, 15) is 4.79 Å². The topological polar surface area (TPSA) is 72.5 Å². The van der Waals surface area contributed by atoms with Crippen LogP contribution in [0.3, 0.4) is 0 Å². The fourth-order valence-corrected chi connectivity index (χ4v) is 4.62. The first-order valence-corrected chi connectivity index (χ1v) is 10.1. The number of likely N-dealkylation sites (tertiary alicyclic amines) is 2. The highest BCUT2D eigenvalue weighted by molar-refractivity contribution is 5.77. The number of aryl methyl sites for hydroxylation is 1. The van der Waals surface area contributed by atoms with E-state index in [1.807, 2.05) is 4.90 Å². The van der Waals surface area contributed by atoms with Crippen LogP contribution in [0.5, 0.6) is 0 Å². The molecule has 3 heterocycles. The molecule has 1 amide bonds. The van der Waals surface area contributed by atoms with Crippen molar-refractivity contribution in [2.24, 2.45) is 5.41 Å². The van der Waals surface area contributed by atoms with E-state index in [2.05, 4.69) is 35.0 Å². The number of amides is 1. The van der Waals surface area contributed by atoms with Gasteiger partial charge in [0.05, 0.1) is 17.6 Å². The maximum atomic E-state index is 12.2. The van der Waals surface area contributed by atoms with Crippen LogP contribution < -0.4 is 0 Å². The van der Waals surface area contributed by atoms with E-state index < -0.39 is 0 Å². The van der Waals surface area contributed by atoms with Crippen LogP contribution in [0.1, 0.15) is 43.5 Å². The Kier molecular flexibility index (Phi) is 5.19. The van der Waals surface area contributed by atoms with Gasteiger partial charge in [-0.2, -0.15) is 0 Å². The Labute approximate surface area is 160 Å². The van der Waals surface area contributed by atoms with Crippen molar-refractivity contribution in [3.63, 3.8) is 0 Å². The number of nitrogens with one attached hydrogen (secondary N) is 1. The molecule has 0 unspecified atom stereocenters. The molecule has 0 aliphatic carbocycles. The summed E-state index contributed by atoms with van der Waals surface area (Å²) in [6, 6.07) is 6.33. The minimum atomic E-state index is 0.154. The predicted molar refractivity (Wildman–Crippen MR) is 105 cm³/mol. The van der Waals surface area contributed by atoms with Gasteiger partial charge in [-0.1, -0.05) is 6.07 Å². The van der Waals surface area contributed by atoms with Crippen molar-refractivity contribution in [2.45, 2.75) is 45.6 Å². The van der Waals surface area contributed by atoms with Gasteiger partial charge in [0.2, 0.25) is 5.91 Å². The average Bonchev–Trinajstić information content (AvgIpc) is 3.06. The number of carbonyl (C=O) groups is 1. The number of nitrogens with zero attached hydrogens (tertiary/aromatic N) is 3. The molecule has 0 radical (unpaired) electrons. The zero-order valence-electron chi connectivity index (χ0n) is 16.2. The molecule has 4 rings (SSSR count). The smallest absolute Gasteiger partial charge is 0.222 e. The van der Waals surface area contributed by atoms with Crippen molar-refractivity contribution < 1.29 is 9.90 Å². The number of imidazole rings is 1. The van der Waals surface area contributed by atoms with E-state index in [0.717, 1.165) is 62.3 Å². The number of aliphatic hydroxyl groups is 1. The minimum absolute atomic E-state index is 0.154. The van der Waals surface area contributed by atoms with Gasteiger partial charge in [0, 0.05) is 26.1 Å². The molecule has 1 aromatic carbocycles. The summed E-state index contributed by atoms with van der Waals surface area (Å²) >= 11 is 0. The normalized spacial score (nSPS) is 20.7. The van der Waals surface area contributed by atoms with Crippen LogP contribution in [0.15, 0.2) is 18.2 Å². The third-order valence-electron chi connectivity index (χ3n) is 6.31. The molecular weight excluding hydrogens is 340 g/mol. The summed E-state index contributed by atoms with van der Waals surface area (Å²) in [7, 11) is 0. The second-order valence-corrected chi connectivity index (χ2v) is 8.37. The van der Waals surface area contributed by atoms with Crippen molar-refractivity contribution in [1.82, 2.24) is 19.8 Å². The minimum Gasteiger partial charge on any atom is -0.396 e. The first-order chi connectivity index (χ1) is 13.1. The summed E-state index contributed by atoms with van der Waals surface area (Å²) in [5, 5.41) is 9.07. The number of aromatic nitrogens is 2. The first kappa shape index (κ1) is 18.4. The molecule has 146 valence electrons. The van der Waals surface area contributed by atoms with Crippen molar-refractivity contribution >= 4 is 16.9 Å². The molecule has 1 aromatic heterocycles. The van der Waals surface area contributed by atoms with Crippen molar-refractivity contribution in [3.8, 4) is 0 Å². The number of rotatable bonds is 5. The summed E-state index contributed by atoms with van der Waals surface area (Å²) in [4.78, 5) is 24.8. The second kappa shape index (κ2) is 7.60. The maximum Gasteiger partial charge on any atom is 0.222 e. The van der Waals surface area contributed by atoms with Crippen LogP contribution in [-0.4, -0.2) is 63.6 Å². The van der Waals surface area contributed by atoms with Crippen LogP contribution in [-0.2, 0) is 11.3 Å². The maximum absolute atomic E-state index is 12.2. The van der Waals surface area contributed by atoms with Crippen molar-refractivity contribution in [1.29, 1.82) is 0 Å². The molecule has 2 fully saturated rings. The standard InChI is InChI=1S/C21H30N4O2/c1-16-3-4-17-18(13-16)23-19(22-17)14-24-10-7-21(8-11-24)6-5-20(27)25(15-21)9-2-12-26/h3-4,13,26H,2,5-12,14-15H2,1H3,(H,22,23). The van der Waals surface area contributed by atoms with E-state index in [0.29, 0.717) is 19.4 Å². The number of benzene rings is 1. The Morgan fingerprint density at radius 2 is 2.07 bits per heavy atom. The number of carbonyl (C=O) groups excluding carboxylic acids is 1. The third kappa shape index (κ3) is 4.01. The van der Waals surface area contributed by atoms with Gasteiger partial charge in [-0.05, 0) is 68.8 Å². The number of aliphatic hydroxyl groups excluding tert-OH is 1. The number of piperidine rings is 2. The first-order valence-electron chi connectivity index (χ1n) is 10.1. The van der Waals surface area contributed by atoms with Crippen LogP contribution >= 0.6 is 0 Å². The van der Waals surface area contributed by atoms with Crippen molar-refractivity contribution in [3.05, 3.63) is 29.6 Å². The third-order valence-corrected chi connectivity index (χ3v) is 6.31. The molecule has 2 N–H and O–H groups in total. The van der Waals surface area contributed by atoms with Crippen molar-refractivity contribution in [2.75, 3.05) is 32.8 Å². The average molecular weight is 370 g/mol. The lowest BCUT2D eigenvalue weighted by molar-refractivity contribution is -0.139. The van der Waals surface area contributed by atoms with E-state index in [1.165, 1.54) is 5.56 Å². The van der Waals surface area contributed by atoms with E-state index in [1.54, 1.807) is 0 Å². The number of aromatic amines is 1. The molecule has 1 spiro atoms. The largest absolute Gasteiger partial charge is 0.396 e. The van der Waals surface area contributed by atoms with Gasteiger partial charge in [0.25, 0.3) is 0 Å². The van der Waals surface area contributed by atoms with Crippen LogP contribution in [0.2, 0.25) is 0 Å². The van der Waals surface area contributed by atoms with Gasteiger partial charge in [-0.15, -0.1) is 0 Å². The zero-order valence-corrected chi connectivity index (χ0v) is 16.2. The van der Waals surface area contributed by atoms with E-state index >= 15 is 0 Å². The van der Waals surface area contributed by atoms with E-state index in [4.69, 9.17) is 10.1 Å². The highest BCUT2D eigenvalue weighted by Gasteiger charge is 2.40. The van der Waals surface area contributed by atoms with Gasteiger partial charge in [-0.3, -0.25) is 9.69 Å².